The van der Waals surface area contributed by atoms with Gasteiger partial charge in [0, 0.05) is 29.7 Å². The topological polar surface area (TPSA) is 61.2 Å². The lowest BCUT2D eigenvalue weighted by Crippen LogP contribution is -2.23. The lowest BCUT2D eigenvalue weighted by Gasteiger charge is -2.21. The molecule has 0 spiro atoms. The molecule has 2 fully saturated rings. The number of nitrogens with one attached hydrogen (secondary N) is 1. The van der Waals surface area contributed by atoms with E-state index in [1.54, 1.807) is 0 Å². The summed E-state index contributed by atoms with van der Waals surface area (Å²) in [4.78, 5) is 13.0. The van der Waals surface area contributed by atoms with E-state index in [9.17, 15) is 0 Å². The number of hydrogen-bond acceptors (Lipinski definition) is 5. The van der Waals surface area contributed by atoms with Crippen molar-refractivity contribution in [2.24, 2.45) is 0 Å². The summed E-state index contributed by atoms with van der Waals surface area (Å²) in [5.41, 5.74) is 3.90. The van der Waals surface area contributed by atoms with Gasteiger partial charge in [-0.15, -0.1) is 0 Å². The van der Waals surface area contributed by atoms with Crippen LogP contribution in [0.15, 0.2) is 28.8 Å². The van der Waals surface area contributed by atoms with Crippen molar-refractivity contribution in [3.05, 3.63) is 47.2 Å². The number of rotatable bonds is 5. The van der Waals surface area contributed by atoms with Gasteiger partial charge >= 0.3 is 0 Å². The quantitative estimate of drug-likeness (QED) is 0.745. The smallest absolute Gasteiger partial charge is 0.243 e. The maximum atomic E-state index is 5.44. The molecular formula is C21H27N5O. The second-order valence-corrected chi connectivity index (χ2v) is 8.01. The monoisotopic (exact) mass is 365 g/mol. The SMILES string of the molecule is Cc1noc([C@@H]2CCCN2Cc2ccc3[nH]c(CN4CCCC4)cc3c2)n1. The predicted octanol–water partition coefficient (Wildman–Crippen LogP) is 3.79. The normalized spacial score (nSPS) is 21.6. The van der Waals surface area contributed by atoms with Crippen molar-refractivity contribution in [3.63, 3.8) is 0 Å². The number of aromatic nitrogens is 3. The molecule has 0 amide bonds. The number of aromatic amines is 1. The van der Waals surface area contributed by atoms with Crippen molar-refractivity contribution in [2.45, 2.75) is 51.7 Å². The Morgan fingerprint density at radius 2 is 2.00 bits per heavy atom. The largest absolute Gasteiger partial charge is 0.357 e. The van der Waals surface area contributed by atoms with Gasteiger partial charge in [-0.25, -0.2) is 0 Å². The highest BCUT2D eigenvalue weighted by atomic mass is 16.5. The lowest BCUT2D eigenvalue weighted by atomic mass is 10.1. The average Bonchev–Trinajstić information content (AvgIpc) is 3.42. The Bertz CT molecular complexity index is 924. The average molecular weight is 365 g/mol. The minimum Gasteiger partial charge on any atom is -0.357 e. The van der Waals surface area contributed by atoms with Crippen LogP contribution in [0.1, 0.15) is 54.7 Å². The summed E-state index contributed by atoms with van der Waals surface area (Å²) in [6.07, 6.45) is 4.94. The molecule has 0 saturated carbocycles. The minimum absolute atomic E-state index is 0.249. The second kappa shape index (κ2) is 7.09. The molecule has 3 aromatic rings. The van der Waals surface area contributed by atoms with E-state index in [1.807, 2.05) is 6.92 Å². The standard InChI is InChI=1S/C21H27N5O/c1-15-22-21(27-24-15)20-5-4-10-26(20)13-16-6-7-19-17(11-16)12-18(23-19)14-25-8-2-3-9-25/h6-7,11-12,20,23H,2-5,8-10,13-14H2,1H3/t20-/m0/s1. The van der Waals surface area contributed by atoms with Crippen molar-refractivity contribution in [1.82, 2.24) is 24.9 Å². The molecule has 6 heteroatoms. The predicted molar refractivity (Wildman–Crippen MR) is 104 cm³/mol. The van der Waals surface area contributed by atoms with Crippen molar-refractivity contribution in [2.75, 3.05) is 19.6 Å². The van der Waals surface area contributed by atoms with E-state index in [0.717, 1.165) is 37.8 Å². The fraction of sp³-hybridized carbons (Fsp3) is 0.524. The Balaban J connectivity index is 1.32. The fourth-order valence-electron chi connectivity index (χ4n) is 4.59. The Morgan fingerprint density at radius 3 is 2.81 bits per heavy atom. The Morgan fingerprint density at radius 1 is 1.11 bits per heavy atom. The molecule has 5 rings (SSSR count). The summed E-state index contributed by atoms with van der Waals surface area (Å²) in [7, 11) is 0. The second-order valence-electron chi connectivity index (χ2n) is 8.01. The molecule has 1 aromatic carbocycles. The van der Waals surface area contributed by atoms with Gasteiger partial charge < -0.3 is 9.51 Å². The Hall–Kier alpha value is -2.18. The first-order valence-electron chi connectivity index (χ1n) is 10.1. The van der Waals surface area contributed by atoms with Crippen LogP contribution in [-0.4, -0.2) is 44.6 Å². The molecule has 0 radical (unpaired) electrons. The van der Waals surface area contributed by atoms with Gasteiger partial charge in [-0.1, -0.05) is 11.2 Å². The first-order valence-corrected chi connectivity index (χ1v) is 10.1. The number of benzene rings is 1. The van der Waals surface area contributed by atoms with E-state index in [2.05, 4.69) is 49.2 Å². The molecule has 2 saturated heterocycles. The first kappa shape index (κ1) is 17.0. The molecule has 4 heterocycles. The molecule has 142 valence electrons. The van der Waals surface area contributed by atoms with Crippen LogP contribution in [0.3, 0.4) is 0 Å². The van der Waals surface area contributed by atoms with Crippen LogP contribution in [0.25, 0.3) is 10.9 Å². The van der Waals surface area contributed by atoms with E-state index >= 15 is 0 Å². The maximum absolute atomic E-state index is 5.44. The summed E-state index contributed by atoms with van der Waals surface area (Å²) >= 11 is 0. The highest BCUT2D eigenvalue weighted by molar-refractivity contribution is 5.81. The van der Waals surface area contributed by atoms with Crippen molar-refractivity contribution in [3.8, 4) is 0 Å². The molecule has 2 aromatic heterocycles. The highest BCUT2D eigenvalue weighted by Gasteiger charge is 2.30. The van der Waals surface area contributed by atoms with Gasteiger partial charge in [-0.3, -0.25) is 9.80 Å². The Kier molecular flexibility index (Phi) is 4.45. The van der Waals surface area contributed by atoms with Gasteiger partial charge in [0.15, 0.2) is 5.82 Å². The molecule has 1 atom stereocenters. The molecule has 6 nitrogen and oxygen atoms in total. The van der Waals surface area contributed by atoms with E-state index in [-0.39, 0.29) is 6.04 Å². The van der Waals surface area contributed by atoms with Crippen LogP contribution < -0.4 is 0 Å². The first-order chi connectivity index (χ1) is 13.2. The molecule has 0 bridgehead atoms. The zero-order valence-corrected chi connectivity index (χ0v) is 15.9. The Labute approximate surface area is 159 Å². The number of aryl methyl sites for hydroxylation is 1. The van der Waals surface area contributed by atoms with Crippen LogP contribution in [0.2, 0.25) is 0 Å². The van der Waals surface area contributed by atoms with Gasteiger partial charge in [0.05, 0.1) is 6.04 Å². The molecule has 1 N–H and O–H groups in total. The molecule has 0 unspecified atom stereocenters. The third-order valence-electron chi connectivity index (χ3n) is 5.91. The lowest BCUT2D eigenvalue weighted by molar-refractivity contribution is 0.201. The zero-order valence-electron chi connectivity index (χ0n) is 15.9. The number of likely N-dealkylation sites (tertiary alicyclic amines) is 2. The number of H-pyrrole nitrogens is 1. The van der Waals surface area contributed by atoms with E-state index in [0.29, 0.717) is 0 Å². The van der Waals surface area contributed by atoms with E-state index < -0.39 is 0 Å². The molecule has 2 aliphatic heterocycles. The number of fused-ring (bicyclic) bond motifs is 1. The number of nitrogens with zero attached hydrogens (tertiary/aromatic N) is 4. The van der Waals surface area contributed by atoms with Crippen molar-refractivity contribution < 1.29 is 4.52 Å². The van der Waals surface area contributed by atoms with Crippen molar-refractivity contribution >= 4 is 10.9 Å². The van der Waals surface area contributed by atoms with Gasteiger partial charge in [-0.2, -0.15) is 4.98 Å². The highest BCUT2D eigenvalue weighted by Crippen LogP contribution is 2.32. The van der Waals surface area contributed by atoms with Gasteiger partial charge in [0.2, 0.25) is 5.89 Å². The third-order valence-corrected chi connectivity index (χ3v) is 5.91. The summed E-state index contributed by atoms with van der Waals surface area (Å²) < 4.78 is 5.44. The number of hydrogen-bond donors (Lipinski definition) is 1. The van der Waals surface area contributed by atoms with Crippen LogP contribution in [0, 0.1) is 6.92 Å². The summed E-state index contributed by atoms with van der Waals surface area (Å²) in [5.74, 6) is 1.48. The van der Waals surface area contributed by atoms with Gasteiger partial charge in [-0.05, 0) is 76.0 Å². The summed E-state index contributed by atoms with van der Waals surface area (Å²) in [6.45, 7) is 7.38. The minimum atomic E-state index is 0.249. The van der Waals surface area contributed by atoms with Crippen LogP contribution in [0.4, 0.5) is 0 Å². The molecule has 27 heavy (non-hydrogen) atoms. The van der Waals surface area contributed by atoms with E-state index in [4.69, 9.17) is 4.52 Å². The van der Waals surface area contributed by atoms with Crippen LogP contribution in [0.5, 0.6) is 0 Å². The van der Waals surface area contributed by atoms with Crippen LogP contribution in [-0.2, 0) is 13.1 Å². The van der Waals surface area contributed by atoms with E-state index in [1.165, 1.54) is 54.5 Å². The zero-order chi connectivity index (χ0) is 18.2. The summed E-state index contributed by atoms with van der Waals surface area (Å²) in [5, 5.41) is 5.28. The summed E-state index contributed by atoms with van der Waals surface area (Å²) in [6, 6.07) is 9.36. The molecule has 0 aliphatic carbocycles. The van der Waals surface area contributed by atoms with Crippen molar-refractivity contribution in [1.29, 1.82) is 0 Å². The third kappa shape index (κ3) is 3.51. The van der Waals surface area contributed by atoms with Gasteiger partial charge in [0.1, 0.15) is 0 Å². The van der Waals surface area contributed by atoms with Gasteiger partial charge in [0.25, 0.3) is 0 Å². The fourth-order valence-corrected chi connectivity index (χ4v) is 4.59. The maximum Gasteiger partial charge on any atom is 0.243 e. The van der Waals surface area contributed by atoms with Crippen LogP contribution >= 0.6 is 0 Å². The molecular weight excluding hydrogens is 338 g/mol. The molecule has 2 aliphatic rings.